The first-order valence-corrected chi connectivity index (χ1v) is 6.10. The molecule has 14 heavy (non-hydrogen) atoms. The number of hydrogen-bond donors (Lipinski definition) is 1. The largest absolute Gasteiger partial charge is 0.339 e. The molecule has 0 atom stereocenters. The van der Waals surface area contributed by atoms with Gasteiger partial charge in [0.2, 0.25) is 5.89 Å². The number of hydrogen-bond acceptors (Lipinski definition) is 5. The summed E-state index contributed by atoms with van der Waals surface area (Å²) >= 11 is 2.00. The lowest BCUT2D eigenvalue weighted by molar-refractivity contribution is 0.370. The van der Waals surface area contributed by atoms with Crippen LogP contribution in [0, 0.1) is 6.92 Å². The highest BCUT2D eigenvalue weighted by atomic mass is 32.2. The van der Waals surface area contributed by atoms with Crippen LogP contribution in [0.2, 0.25) is 0 Å². The fraction of sp³-hybridized carbons (Fsp3) is 0.778. The molecule has 1 N–H and O–H groups in total. The molecule has 4 nitrogen and oxygen atoms in total. The molecular formula is C9H15N3OS. The third kappa shape index (κ3) is 2.72. The second-order valence-corrected chi connectivity index (χ2v) is 4.60. The van der Waals surface area contributed by atoms with Crippen LogP contribution < -0.4 is 5.32 Å². The summed E-state index contributed by atoms with van der Waals surface area (Å²) in [5, 5.41) is 7.23. The van der Waals surface area contributed by atoms with Crippen molar-refractivity contribution in [2.45, 2.75) is 25.8 Å². The highest BCUT2D eigenvalue weighted by Gasteiger charge is 2.16. The van der Waals surface area contributed by atoms with Gasteiger partial charge < -0.3 is 9.84 Å². The van der Waals surface area contributed by atoms with E-state index in [0.29, 0.717) is 0 Å². The number of rotatable bonds is 5. The fourth-order valence-corrected chi connectivity index (χ4v) is 2.05. The van der Waals surface area contributed by atoms with Gasteiger partial charge in [0, 0.05) is 24.0 Å². The zero-order valence-electron chi connectivity index (χ0n) is 8.32. The molecule has 0 spiro atoms. The molecule has 2 rings (SSSR count). The molecule has 0 radical (unpaired) electrons. The van der Waals surface area contributed by atoms with Crippen LogP contribution in [-0.4, -0.2) is 34.2 Å². The van der Waals surface area contributed by atoms with E-state index in [1.165, 1.54) is 11.5 Å². The van der Waals surface area contributed by atoms with E-state index in [9.17, 15) is 0 Å². The molecule has 1 aromatic rings. The predicted octanol–water partition coefficient (Wildman–Crippen LogP) is 1.02. The number of nitrogens with zero attached hydrogens (tertiary/aromatic N) is 2. The zero-order chi connectivity index (χ0) is 9.80. The summed E-state index contributed by atoms with van der Waals surface area (Å²) < 4.78 is 5.02. The highest BCUT2D eigenvalue weighted by Crippen LogP contribution is 2.16. The van der Waals surface area contributed by atoms with Crippen LogP contribution in [-0.2, 0) is 6.42 Å². The Labute approximate surface area is 87.8 Å². The molecule has 2 heterocycles. The van der Waals surface area contributed by atoms with Crippen LogP contribution in [0.4, 0.5) is 0 Å². The lowest BCUT2D eigenvalue weighted by Crippen LogP contribution is -2.40. The number of aryl methyl sites for hydroxylation is 2. The van der Waals surface area contributed by atoms with Gasteiger partial charge in [-0.15, -0.1) is 0 Å². The molecule has 1 aliphatic rings. The highest BCUT2D eigenvalue weighted by molar-refractivity contribution is 8.00. The summed E-state index contributed by atoms with van der Waals surface area (Å²) in [6.45, 7) is 2.89. The van der Waals surface area contributed by atoms with Crippen LogP contribution in [0.1, 0.15) is 18.1 Å². The molecule has 78 valence electrons. The van der Waals surface area contributed by atoms with Crippen LogP contribution in [0.5, 0.6) is 0 Å². The molecule has 0 aromatic carbocycles. The third-order valence-corrected chi connectivity index (χ3v) is 3.48. The molecule has 5 heteroatoms. The van der Waals surface area contributed by atoms with Gasteiger partial charge in [0.25, 0.3) is 0 Å². The maximum atomic E-state index is 5.02. The molecule has 0 saturated carbocycles. The van der Waals surface area contributed by atoms with Crippen molar-refractivity contribution >= 4 is 11.8 Å². The van der Waals surface area contributed by atoms with Crippen LogP contribution >= 0.6 is 11.8 Å². The Morgan fingerprint density at radius 1 is 1.57 bits per heavy atom. The number of aromatic nitrogens is 2. The molecule has 0 unspecified atom stereocenters. The Hall–Kier alpha value is -0.550. The smallest absolute Gasteiger partial charge is 0.226 e. The minimum absolute atomic E-state index is 0.725. The Bertz CT molecular complexity index is 285. The van der Waals surface area contributed by atoms with Gasteiger partial charge in [-0.05, 0) is 19.9 Å². The van der Waals surface area contributed by atoms with Crippen molar-refractivity contribution in [2.24, 2.45) is 0 Å². The summed E-state index contributed by atoms with van der Waals surface area (Å²) in [5.41, 5.74) is 0. The second-order valence-electron chi connectivity index (χ2n) is 3.53. The molecule has 0 amide bonds. The molecule has 1 aromatic heterocycles. The normalized spacial score (nSPS) is 16.9. The Kier molecular flexibility index (Phi) is 3.42. The first kappa shape index (κ1) is 9.98. The molecule has 1 aliphatic heterocycles. The molecule has 0 bridgehead atoms. The van der Waals surface area contributed by atoms with Crippen molar-refractivity contribution in [3.8, 4) is 0 Å². The monoisotopic (exact) mass is 213 g/mol. The van der Waals surface area contributed by atoms with Crippen LogP contribution in [0.15, 0.2) is 4.52 Å². The van der Waals surface area contributed by atoms with E-state index in [1.54, 1.807) is 0 Å². The van der Waals surface area contributed by atoms with Gasteiger partial charge in [-0.1, -0.05) is 5.16 Å². The first-order chi connectivity index (χ1) is 6.84. The molecular weight excluding hydrogens is 198 g/mol. The first-order valence-electron chi connectivity index (χ1n) is 4.95. The molecule has 0 aliphatic carbocycles. The minimum atomic E-state index is 0.725. The van der Waals surface area contributed by atoms with Crippen LogP contribution in [0.25, 0.3) is 0 Å². The topological polar surface area (TPSA) is 51.0 Å². The summed E-state index contributed by atoms with van der Waals surface area (Å²) in [5.74, 6) is 4.01. The second kappa shape index (κ2) is 4.79. The van der Waals surface area contributed by atoms with Crippen molar-refractivity contribution in [2.75, 3.05) is 18.1 Å². The van der Waals surface area contributed by atoms with E-state index in [-0.39, 0.29) is 0 Å². The van der Waals surface area contributed by atoms with Crippen molar-refractivity contribution in [3.05, 3.63) is 11.7 Å². The standard InChI is InChI=1S/C9H15N3OS/c1-7-11-9(13-12-7)3-2-4-10-8-5-14-6-8/h8,10H,2-6H2,1H3. The Balaban J connectivity index is 1.58. The lowest BCUT2D eigenvalue weighted by Gasteiger charge is -2.25. The lowest BCUT2D eigenvalue weighted by atomic mass is 10.3. The number of nitrogens with one attached hydrogen (secondary N) is 1. The third-order valence-electron chi connectivity index (χ3n) is 2.21. The van der Waals surface area contributed by atoms with Crippen LogP contribution in [0.3, 0.4) is 0 Å². The number of thioether (sulfide) groups is 1. The minimum Gasteiger partial charge on any atom is -0.339 e. The maximum absolute atomic E-state index is 5.02. The van der Waals surface area contributed by atoms with Gasteiger partial charge in [-0.3, -0.25) is 0 Å². The van der Waals surface area contributed by atoms with Gasteiger partial charge in [-0.2, -0.15) is 16.7 Å². The Morgan fingerprint density at radius 2 is 2.43 bits per heavy atom. The van der Waals surface area contributed by atoms with E-state index in [2.05, 4.69) is 15.5 Å². The summed E-state index contributed by atoms with van der Waals surface area (Å²) in [7, 11) is 0. The van der Waals surface area contributed by atoms with E-state index in [0.717, 1.165) is 37.1 Å². The maximum Gasteiger partial charge on any atom is 0.226 e. The van der Waals surface area contributed by atoms with Gasteiger partial charge in [0.05, 0.1) is 0 Å². The SMILES string of the molecule is Cc1noc(CCCNC2CSC2)n1. The Morgan fingerprint density at radius 3 is 3.00 bits per heavy atom. The van der Waals surface area contributed by atoms with E-state index in [1.807, 2.05) is 18.7 Å². The van der Waals surface area contributed by atoms with Gasteiger partial charge in [-0.25, -0.2) is 0 Å². The average molecular weight is 213 g/mol. The average Bonchev–Trinajstić information content (AvgIpc) is 2.48. The van der Waals surface area contributed by atoms with Crippen molar-refractivity contribution in [1.82, 2.24) is 15.5 Å². The summed E-state index contributed by atoms with van der Waals surface area (Å²) in [6, 6.07) is 0.740. The molecule has 1 saturated heterocycles. The summed E-state index contributed by atoms with van der Waals surface area (Å²) in [4.78, 5) is 4.15. The summed E-state index contributed by atoms with van der Waals surface area (Å²) in [6.07, 6.45) is 1.95. The van der Waals surface area contributed by atoms with E-state index >= 15 is 0 Å². The fourth-order valence-electron chi connectivity index (χ4n) is 1.34. The van der Waals surface area contributed by atoms with Crippen molar-refractivity contribution in [3.63, 3.8) is 0 Å². The van der Waals surface area contributed by atoms with Gasteiger partial charge in [0.1, 0.15) is 0 Å². The van der Waals surface area contributed by atoms with Gasteiger partial charge in [0.15, 0.2) is 5.82 Å². The van der Waals surface area contributed by atoms with E-state index in [4.69, 9.17) is 4.52 Å². The van der Waals surface area contributed by atoms with Crippen molar-refractivity contribution in [1.29, 1.82) is 0 Å². The quantitative estimate of drug-likeness (QED) is 0.740. The zero-order valence-corrected chi connectivity index (χ0v) is 9.14. The van der Waals surface area contributed by atoms with E-state index < -0.39 is 0 Å². The van der Waals surface area contributed by atoms with Gasteiger partial charge >= 0.3 is 0 Å². The molecule has 1 fully saturated rings. The van der Waals surface area contributed by atoms with Crippen molar-refractivity contribution < 1.29 is 4.52 Å². The predicted molar refractivity (Wildman–Crippen MR) is 56.5 cm³/mol.